The summed E-state index contributed by atoms with van der Waals surface area (Å²) in [5.74, 6) is 0.808. The molecule has 0 aliphatic carbocycles. The first-order valence-corrected chi connectivity index (χ1v) is 8.98. The summed E-state index contributed by atoms with van der Waals surface area (Å²) in [6.45, 7) is 2.28. The fourth-order valence-corrected chi connectivity index (χ4v) is 2.82. The van der Waals surface area contributed by atoms with Gasteiger partial charge in [0.1, 0.15) is 0 Å². The summed E-state index contributed by atoms with van der Waals surface area (Å²) in [6, 6.07) is 0.739. The average Bonchev–Trinajstić information content (AvgIpc) is 2.39. The topological polar surface area (TPSA) is 3.24 Å². The monoisotopic (exact) mass is 369 g/mol. The van der Waals surface area contributed by atoms with Gasteiger partial charge in [0.15, 0.2) is 0 Å². The van der Waals surface area contributed by atoms with Crippen molar-refractivity contribution in [3.05, 3.63) is 0 Å². The molecule has 124 valence electrons. The van der Waals surface area contributed by atoms with E-state index in [0.29, 0.717) is 0 Å². The highest BCUT2D eigenvalue weighted by Crippen LogP contribution is 2.15. The van der Waals surface area contributed by atoms with E-state index in [9.17, 15) is 0 Å². The highest BCUT2D eigenvalue weighted by atomic mass is 79.9. The zero-order chi connectivity index (χ0) is 14.3. The molecular weight excluding hydrogens is 334 g/mol. The number of rotatable bonds is 14. The molecule has 1 unspecified atom stereocenters. The lowest BCUT2D eigenvalue weighted by Gasteiger charge is -2.24. The number of nitrogens with zero attached hydrogens (tertiary/aromatic N) is 1. The fourth-order valence-electron chi connectivity index (χ4n) is 2.66. The zero-order valence-corrected chi connectivity index (χ0v) is 16.5. The maximum Gasteiger partial charge on any atom is 0.0224 e. The summed E-state index contributed by atoms with van der Waals surface area (Å²) in [7, 11) is 4.40. The lowest BCUT2D eigenvalue weighted by atomic mass is 10.0. The van der Waals surface area contributed by atoms with Crippen LogP contribution in [0.3, 0.4) is 0 Å². The minimum absolute atomic E-state index is 0. The van der Waals surface area contributed by atoms with Crippen LogP contribution in [0.5, 0.6) is 0 Å². The number of alkyl halides is 1. The molecular formula is C17H37BrClN. The Balaban J connectivity index is 0. The van der Waals surface area contributed by atoms with Gasteiger partial charge in [-0.2, -0.15) is 0 Å². The first-order chi connectivity index (χ1) is 9.22. The second-order valence-electron chi connectivity index (χ2n) is 6.07. The average molecular weight is 371 g/mol. The second-order valence-corrected chi connectivity index (χ2v) is 6.44. The molecule has 0 aromatic heterocycles. The van der Waals surface area contributed by atoms with Gasteiger partial charge in [0.25, 0.3) is 0 Å². The van der Waals surface area contributed by atoms with E-state index in [1.165, 1.54) is 70.6 Å². The Labute approximate surface area is 143 Å². The summed E-state index contributed by atoms with van der Waals surface area (Å²) in [5, 5.41) is 0. The van der Waals surface area contributed by atoms with Crippen LogP contribution < -0.4 is 0 Å². The summed E-state index contributed by atoms with van der Waals surface area (Å²) in [6.07, 6.45) is 16.6. The van der Waals surface area contributed by atoms with Crippen LogP contribution in [0.1, 0.15) is 84.0 Å². The van der Waals surface area contributed by atoms with Crippen LogP contribution in [-0.4, -0.2) is 30.9 Å². The van der Waals surface area contributed by atoms with E-state index in [4.69, 9.17) is 11.6 Å². The van der Waals surface area contributed by atoms with Crippen LogP contribution in [0.4, 0.5) is 0 Å². The highest BCUT2D eigenvalue weighted by Gasteiger charge is 2.09. The van der Waals surface area contributed by atoms with Gasteiger partial charge in [-0.25, -0.2) is 0 Å². The van der Waals surface area contributed by atoms with Gasteiger partial charge in [-0.05, 0) is 33.4 Å². The second kappa shape index (κ2) is 17.8. The van der Waals surface area contributed by atoms with Crippen molar-refractivity contribution < 1.29 is 0 Å². The van der Waals surface area contributed by atoms with Crippen molar-refractivity contribution in [2.45, 2.75) is 90.0 Å². The Morgan fingerprint density at radius 3 is 1.65 bits per heavy atom. The standard InChI is InChI=1S/C17H36ClN.BrH/c1-4-5-6-7-8-9-10-11-12-14-17(19(2)3)15-13-16-18;/h17H,4-16H2,1-3H3;1H. The highest BCUT2D eigenvalue weighted by molar-refractivity contribution is 8.93. The normalized spacial score (nSPS) is 12.4. The molecule has 0 aliphatic heterocycles. The molecule has 0 aliphatic rings. The van der Waals surface area contributed by atoms with E-state index in [-0.39, 0.29) is 17.0 Å². The quantitative estimate of drug-likeness (QED) is 0.251. The molecule has 1 atom stereocenters. The van der Waals surface area contributed by atoms with Crippen LogP contribution in [-0.2, 0) is 0 Å². The van der Waals surface area contributed by atoms with Gasteiger partial charge in [0.2, 0.25) is 0 Å². The van der Waals surface area contributed by atoms with Gasteiger partial charge < -0.3 is 4.90 Å². The van der Waals surface area contributed by atoms with Gasteiger partial charge in [-0.1, -0.05) is 64.7 Å². The molecule has 0 bridgehead atoms. The van der Waals surface area contributed by atoms with Crippen LogP contribution in [0.2, 0.25) is 0 Å². The third kappa shape index (κ3) is 15.1. The Hall–Kier alpha value is 0.730. The first-order valence-electron chi connectivity index (χ1n) is 8.44. The van der Waals surface area contributed by atoms with Gasteiger partial charge >= 0.3 is 0 Å². The molecule has 0 amide bonds. The largest absolute Gasteiger partial charge is 0.306 e. The van der Waals surface area contributed by atoms with Crippen LogP contribution >= 0.6 is 28.6 Å². The molecule has 0 heterocycles. The summed E-state index contributed by atoms with van der Waals surface area (Å²) in [4.78, 5) is 2.37. The summed E-state index contributed by atoms with van der Waals surface area (Å²) >= 11 is 5.79. The van der Waals surface area contributed by atoms with E-state index in [0.717, 1.165) is 18.3 Å². The van der Waals surface area contributed by atoms with Gasteiger partial charge in [0, 0.05) is 11.9 Å². The molecule has 0 radical (unpaired) electrons. The van der Waals surface area contributed by atoms with Crippen molar-refractivity contribution in [2.24, 2.45) is 0 Å². The smallest absolute Gasteiger partial charge is 0.0224 e. The lowest BCUT2D eigenvalue weighted by molar-refractivity contribution is 0.256. The van der Waals surface area contributed by atoms with E-state index in [2.05, 4.69) is 25.9 Å². The maximum absolute atomic E-state index is 5.79. The molecule has 0 rings (SSSR count). The van der Waals surface area contributed by atoms with Gasteiger partial charge in [0.05, 0.1) is 0 Å². The molecule has 20 heavy (non-hydrogen) atoms. The fraction of sp³-hybridized carbons (Fsp3) is 1.00. The molecule has 0 spiro atoms. The third-order valence-electron chi connectivity index (χ3n) is 4.04. The number of halogens is 2. The predicted octanol–water partition coefficient (Wildman–Crippen LogP) is 6.43. The molecule has 1 nitrogen and oxygen atoms in total. The molecule has 0 saturated carbocycles. The zero-order valence-electron chi connectivity index (χ0n) is 14.0. The minimum atomic E-state index is 0. The molecule has 0 N–H and O–H groups in total. The van der Waals surface area contributed by atoms with Crippen molar-refractivity contribution in [1.29, 1.82) is 0 Å². The molecule has 0 fully saturated rings. The number of unbranched alkanes of at least 4 members (excludes halogenated alkanes) is 8. The van der Waals surface area contributed by atoms with Crippen LogP contribution in [0.25, 0.3) is 0 Å². The molecule has 0 aromatic rings. The van der Waals surface area contributed by atoms with E-state index >= 15 is 0 Å². The third-order valence-corrected chi connectivity index (χ3v) is 4.31. The summed E-state index contributed by atoms with van der Waals surface area (Å²) in [5.41, 5.74) is 0. The SMILES string of the molecule is Br.CCCCCCCCCCCC(CCCCl)N(C)C. The van der Waals surface area contributed by atoms with E-state index in [1.807, 2.05) is 0 Å². The van der Waals surface area contributed by atoms with E-state index < -0.39 is 0 Å². The molecule has 0 aromatic carbocycles. The maximum atomic E-state index is 5.79. The van der Waals surface area contributed by atoms with Crippen molar-refractivity contribution in [3.63, 3.8) is 0 Å². The number of hydrogen-bond acceptors (Lipinski definition) is 1. The number of hydrogen-bond donors (Lipinski definition) is 0. The van der Waals surface area contributed by atoms with Crippen molar-refractivity contribution in [2.75, 3.05) is 20.0 Å². The molecule has 3 heteroatoms. The Kier molecular flexibility index (Phi) is 20.5. The van der Waals surface area contributed by atoms with Gasteiger partial charge in [-0.3, -0.25) is 0 Å². The van der Waals surface area contributed by atoms with E-state index in [1.54, 1.807) is 0 Å². The Morgan fingerprint density at radius 1 is 0.750 bits per heavy atom. The van der Waals surface area contributed by atoms with Gasteiger partial charge in [-0.15, -0.1) is 28.6 Å². The van der Waals surface area contributed by atoms with Crippen LogP contribution in [0, 0.1) is 0 Å². The predicted molar refractivity (Wildman–Crippen MR) is 99.6 cm³/mol. The first kappa shape index (κ1) is 23.0. The van der Waals surface area contributed by atoms with Crippen molar-refractivity contribution in [3.8, 4) is 0 Å². The van der Waals surface area contributed by atoms with Crippen molar-refractivity contribution >= 4 is 28.6 Å². The summed E-state index contributed by atoms with van der Waals surface area (Å²) < 4.78 is 0. The molecule has 0 saturated heterocycles. The van der Waals surface area contributed by atoms with Crippen LogP contribution in [0.15, 0.2) is 0 Å². The minimum Gasteiger partial charge on any atom is -0.306 e. The van der Waals surface area contributed by atoms with Crippen molar-refractivity contribution in [1.82, 2.24) is 4.90 Å². The lowest BCUT2D eigenvalue weighted by Crippen LogP contribution is -2.27. The Morgan fingerprint density at radius 2 is 1.20 bits per heavy atom. The Bertz CT molecular complexity index is 176.